The van der Waals surface area contributed by atoms with Gasteiger partial charge in [0.1, 0.15) is 5.75 Å². The lowest BCUT2D eigenvalue weighted by molar-refractivity contribution is 0.186. The number of aliphatic hydroxyl groups excluding tert-OH is 1. The second-order valence-electron chi connectivity index (χ2n) is 5.93. The standard InChI is InChI=1S/C20H26ClN3O2.HI/c1-4-22-20(24-14(2)15-8-10-17(21)11-9-15)23-13-19(25)16-6-5-7-18(12-16)26-3;/h5-12,14,19,25H,4,13H2,1-3H3,(H2,22,23,24);1H. The molecule has 2 aromatic carbocycles. The molecule has 0 aliphatic heterocycles. The summed E-state index contributed by atoms with van der Waals surface area (Å²) in [4.78, 5) is 4.51. The first-order valence-corrected chi connectivity index (χ1v) is 9.03. The van der Waals surface area contributed by atoms with Crippen LogP contribution in [0, 0.1) is 0 Å². The Morgan fingerprint density at radius 1 is 1.19 bits per heavy atom. The summed E-state index contributed by atoms with van der Waals surface area (Å²) in [6, 6.07) is 15.1. The molecule has 2 rings (SSSR count). The van der Waals surface area contributed by atoms with Crippen LogP contribution in [0.4, 0.5) is 0 Å². The van der Waals surface area contributed by atoms with Gasteiger partial charge in [0.25, 0.3) is 0 Å². The highest BCUT2D eigenvalue weighted by Crippen LogP contribution is 2.19. The molecular formula is C20H27ClIN3O2. The Labute approximate surface area is 183 Å². The maximum absolute atomic E-state index is 10.4. The SMILES string of the molecule is CCNC(=NCC(O)c1cccc(OC)c1)NC(C)c1ccc(Cl)cc1.I. The number of methoxy groups -OCH3 is 1. The number of rotatable bonds is 7. The van der Waals surface area contributed by atoms with E-state index in [0.717, 1.165) is 17.7 Å². The molecule has 0 bridgehead atoms. The predicted octanol–water partition coefficient (Wildman–Crippen LogP) is 4.32. The molecule has 148 valence electrons. The van der Waals surface area contributed by atoms with E-state index in [4.69, 9.17) is 16.3 Å². The molecule has 2 aromatic rings. The molecule has 0 aliphatic carbocycles. The fourth-order valence-electron chi connectivity index (χ4n) is 2.49. The fourth-order valence-corrected chi connectivity index (χ4v) is 2.62. The number of hydrogen-bond acceptors (Lipinski definition) is 3. The highest BCUT2D eigenvalue weighted by molar-refractivity contribution is 14.0. The molecule has 0 fully saturated rings. The highest BCUT2D eigenvalue weighted by Gasteiger charge is 2.11. The van der Waals surface area contributed by atoms with Crippen molar-refractivity contribution in [3.8, 4) is 5.75 Å². The number of hydrogen-bond donors (Lipinski definition) is 3. The van der Waals surface area contributed by atoms with Gasteiger partial charge in [-0.25, -0.2) is 0 Å². The first-order chi connectivity index (χ1) is 12.5. The average molecular weight is 504 g/mol. The Morgan fingerprint density at radius 2 is 1.89 bits per heavy atom. The highest BCUT2D eigenvalue weighted by atomic mass is 127. The predicted molar refractivity (Wildman–Crippen MR) is 122 cm³/mol. The zero-order chi connectivity index (χ0) is 18.9. The summed E-state index contributed by atoms with van der Waals surface area (Å²) in [6.45, 7) is 5.03. The van der Waals surface area contributed by atoms with Crippen molar-refractivity contribution in [2.24, 2.45) is 4.99 Å². The summed E-state index contributed by atoms with van der Waals surface area (Å²) >= 11 is 5.94. The number of nitrogens with one attached hydrogen (secondary N) is 2. The third kappa shape index (κ3) is 7.56. The van der Waals surface area contributed by atoms with Gasteiger partial charge < -0.3 is 20.5 Å². The van der Waals surface area contributed by atoms with Crippen LogP contribution in [0.1, 0.15) is 37.1 Å². The van der Waals surface area contributed by atoms with Gasteiger partial charge in [-0.05, 0) is 49.2 Å². The summed E-state index contributed by atoms with van der Waals surface area (Å²) < 4.78 is 5.20. The van der Waals surface area contributed by atoms with Crippen LogP contribution in [0.3, 0.4) is 0 Å². The van der Waals surface area contributed by atoms with Crippen molar-refractivity contribution < 1.29 is 9.84 Å². The first kappa shape index (κ1) is 23.5. The van der Waals surface area contributed by atoms with Crippen molar-refractivity contribution in [3.63, 3.8) is 0 Å². The molecule has 0 aromatic heterocycles. The van der Waals surface area contributed by atoms with Gasteiger partial charge in [0.2, 0.25) is 0 Å². The molecule has 0 amide bonds. The molecular weight excluding hydrogens is 477 g/mol. The number of nitrogens with zero attached hydrogens (tertiary/aromatic N) is 1. The number of ether oxygens (including phenoxy) is 1. The van der Waals surface area contributed by atoms with Crippen LogP contribution in [0.2, 0.25) is 5.02 Å². The average Bonchev–Trinajstić information content (AvgIpc) is 2.66. The Hall–Kier alpha value is -1.51. The molecule has 2 unspecified atom stereocenters. The van der Waals surface area contributed by atoms with Gasteiger partial charge in [0.15, 0.2) is 5.96 Å². The lowest BCUT2D eigenvalue weighted by atomic mass is 10.1. The van der Waals surface area contributed by atoms with Gasteiger partial charge in [0, 0.05) is 11.6 Å². The maximum atomic E-state index is 10.4. The van der Waals surface area contributed by atoms with E-state index in [9.17, 15) is 5.11 Å². The molecule has 27 heavy (non-hydrogen) atoms. The minimum Gasteiger partial charge on any atom is -0.497 e. The normalized spacial score (nSPS) is 13.3. The van der Waals surface area contributed by atoms with Gasteiger partial charge >= 0.3 is 0 Å². The zero-order valence-corrected chi connectivity index (χ0v) is 18.9. The Morgan fingerprint density at radius 3 is 2.52 bits per heavy atom. The van der Waals surface area contributed by atoms with Crippen LogP contribution in [-0.4, -0.2) is 31.3 Å². The molecule has 5 nitrogen and oxygen atoms in total. The van der Waals surface area contributed by atoms with Crippen molar-refractivity contribution in [2.45, 2.75) is 26.0 Å². The van der Waals surface area contributed by atoms with E-state index in [1.54, 1.807) is 7.11 Å². The summed E-state index contributed by atoms with van der Waals surface area (Å²) in [7, 11) is 1.61. The lowest BCUT2D eigenvalue weighted by Crippen LogP contribution is -2.39. The molecule has 0 spiro atoms. The molecule has 0 aliphatic rings. The van der Waals surface area contributed by atoms with Gasteiger partial charge in [-0.3, -0.25) is 4.99 Å². The number of aliphatic hydroxyl groups is 1. The van der Waals surface area contributed by atoms with Crippen molar-refractivity contribution in [3.05, 3.63) is 64.7 Å². The van der Waals surface area contributed by atoms with E-state index in [1.807, 2.05) is 55.5 Å². The number of benzene rings is 2. The molecule has 7 heteroatoms. The smallest absolute Gasteiger partial charge is 0.191 e. The van der Waals surface area contributed by atoms with Crippen LogP contribution in [-0.2, 0) is 0 Å². The molecule has 3 N–H and O–H groups in total. The topological polar surface area (TPSA) is 65.9 Å². The Balaban J connectivity index is 0.00000364. The second kappa shape index (κ2) is 12.0. The van der Waals surface area contributed by atoms with E-state index in [1.165, 1.54) is 0 Å². The van der Waals surface area contributed by atoms with E-state index in [0.29, 0.717) is 16.7 Å². The number of halogens is 2. The molecule has 0 heterocycles. The molecule has 0 saturated heterocycles. The van der Waals surface area contributed by atoms with E-state index in [2.05, 4.69) is 22.5 Å². The summed E-state index contributed by atoms with van der Waals surface area (Å²) in [5.74, 6) is 1.36. The fraction of sp³-hybridized carbons (Fsp3) is 0.350. The summed E-state index contributed by atoms with van der Waals surface area (Å²) in [5.41, 5.74) is 1.88. The Kier molecular flexibility index (Phi) is 10.5. The largest absolute Gasteiger partial charge is 0.497 e. The summed E-state index contributed by atoms with van der Waals surface area (Å²) in [6.07, 6.45) is -0.702. The molecule has 0 saturated carbocycles. The van der Waals surface area contributed by atoms with Crippen molar-refractivity contribution >= 4 is 41.5 Å². The van der Waals surface area contributed by atoms with Crippen LogP contribution < -0.4 is 15.4 Å². The van der Waals surface area contributed by atoms with Crippen LogP contribution in [0.15, 0.2) is 53.5 Å². The van der Waals surface area contributed by atoms with Crippen LogP contribution in [0.5, 0.6) is 5.75 Å². The maximum Gasteiger partial charge on any atom is 0.191 e. The second-order valence-corrected chi connectivity index (χ2v) is 6.37. The van der Waals surface area contributed by atoms with Gasteiger partial charge in [0.05, 0.1) is 25.8 Å². The monoisotopic (exact) mass is 503 g/mol. The van der Waals surface area contributed by atoms with Crippen LogP contribution in [0.25, 0.3) is 0 Å². The summed E-state index contributed by atoms with van der Waals surface area (Å²) in [5, 5.41) is 17.7. The minimum absolute atomic E-state index is 0. The van der Waals surface area contributed by atoms with Crippen molar-refractivity contribution in [2.75, 3.05) is 20.2 Å². The van der Waals surface area contributed by atoms with E-state index >= 15 is 0 Å². The number of aliphatic imine (C=N–C) groups is 1. The molecule has 0 radical (unpaired) electrons. The molecule has 2 atom stereocenters. The van der Waals surface area contributed by atoms with E-state index in [-0.39, 0.29) is 36.6 Å². The van der Waals surface area contributed by atoms with E-state index < -0.39 is 6.10 Å². The Bertz CT molecular complexity index is 725. The van der Waals surface area contributed by atoms with Crippen LogP contribution >= 0.6 is 35.6 Å². The minimum atomic E-state index is -0.702. The zero-order valence-electron chi connectivity index (χ0n) is 15.8. The first-order valence-electron chi connectivity index (χ1n) is 8.65. The number of guanidine groups is 1. The van der Waals surface area contributed by atoms with Gasteiger partial charge in [-0.2, -0.15) is 0 Å². The third-order valence-corrected chi connectivity index (χ3v) is 4.22. The van der Waals surface area contributed by atoms with Gasteiger partial charge in [-0.1, -0.05) is 35.9 Å². The van der Waals surface area contributed by atoms with Crippen molar-refractivity contribution in [1.29, 1.82) is 0 Å². The van der Waals surface area contributed by atoms with Crippen molar-refractivity contribution in [1.82, 2.24) is 10.6 Å². The lowest BCUT2D eigenvalue weighted by Gasteiger charge is -2.19. The quantitative estimate of drug-likeness (QED) is 0.299. The van der Waals surface area contributed by atoms with Gasteiger partial charge in [-0.15, -0.1) is 24.0 Å². The third-order valence-electron chi connectivity index (χ3n) is 3.97.